The molecule has 1 aromatic heterocycles. The van der Waals surface area contributed by atoms with Gasteiger partial charge in [0.05, 0.1) is 6.07 Å². The number of rotatable bonds is 2. The molecule has 0 aliphatic carbocycles. The SMILES string of the molecule is Cc1cccc(Oc2cc(F)ncn2)c1C. The van der Waals surface area contributed by atoms with Crippen molar-refractivity contribution in [2.45, 2.75) is 13.8 Å². The van der Waals surface area contributed by atoms with Gasteiger partial charge in [-0.15, -0.1) is 0 Å². The quantitative estimate of drug-likeness (QED) is 0.727. The fraction of sp³-hybridized carbons (Fsp3) is 0.167. The molecule has 16 heavy (non-hydrogen) atoms. The molecule has 2 aromatic rings. The van der Waals surface area contributed by atoms with Gasteiger partial charge in [0, 0.05) is 0 Å². The third kappa shape index (κ3) is 2.16. The third-order valence-electron chi connectivity index (χ3n) is 2.38. The van der Waals surface area contributed by atoms with Crippen molar-refractivity contribution < 1.29 is 9.13 Å². The van der Waals surface area contributed by atoms with E-state index in [1.165, 1.54) is 0 Å². The van der Waals surface area contributed by atoms with Crippen molar-refractivity contribution >= 4 is 0 Å². The number of aryl methyl sites for hydroxylation is 1. The van der Waals surface area contributed by atoms with Gasteiger partial charge in [0.25, 0.3) is 0 Å². The predicted octanol–water partition coefficient (Wildman–Crippen LogP) is 3.02. The van der Waals surface area contributed by atoms with Crippen molar-refractivity contribution in [2.24, 2.45) is 0 Å². The van der Waals surface area contributed by atoms with E-state index in [4.69, 9.17) is 4.74 Å². The van der Waals surface area contributed by atoms with Gasteiger partial charge < -0.3 is 4.74 Å². The normalized spacial score (nSPS) is 10.2. The molecule has 3 nitrogen and oxygen atoms in total. The Balaban J connectivity index is 2.31. The average molecular weight is 218 g/mol. The molecule has 0 atom stereocenters. The van der Waals surface area contributed by atoms with Crippen LogP contribution < -0.4 is 4.74 Å². The van der Waals surface area contributed by atoms with Gasteiger partial charge in [-0.05, 0) is 31.0 Å². The van der Waals surface area contributed by atoms with Gasteiger partial charge in [-0.2, -0.15) is 4.39 Å². The van der Waals surface area contributed by atoms with Crippen LogP contribution in [0.15, 0.2) is 30.6 Å². The van der Waals surface area contributed by atoms with Crippen molar-refractivity contribution in [2.75, 3.05) is 0 Å². The van der Waals surface area contributed by atoms with Crippen molar-refractivity contribution in [1.29, 1.82) is 0 Å². The highest BCUT2D eigenvalue weighted by Gasteiger charge is 2.05. The van der Waals surface area contributed by atoms with Crippen LogP contribution >= 0.6 is 0 Å². The molecule has 0 fully saturated rings. The Kier molecular flexibility index (Phi) is 2.81. The van der Waals surface area contributed by atoms with Crippen LogP contribution in [0.25, 0.3) is 0 Å². The van der Waals surface area contributed by atoms with Crippen LogP contribution in [0.5, 0.6) is 11.6 Å². The molecule has 0 spiro atoms. The van der Waals surface area contributed by atoms with Crippen LogP contribution in [-0.2, 0) is 0 Å². The van der Waals surface area contributed by atoms with Crippen LogP contribution in [0.3, 0.4) is 0 Å². The highest BCUT2D eigenvalue weighted by molar-refractivity contribution is 5.40. The Bertz CT molecular complexity index is 514. The minimum atomic E-state index is -0.602. The van der Waals surface area contributed by atoms with Crippen molar-refractivity contribution in [3.05, 3.63) is 47.7 Å². The Hall–Kier alpha value is -1.97. The van der Waals surface area contributed by atoms with E-state index in [0.717, 1.165) is 23.5 Å². The zero-order chi connectivity index (χ0) is 11.5. The second kappa shape index (κ2) is 4.26. The predicted molar refractivity (Wildman–Crippen MR) is 58.0 cm³/mol. The van der Waals surface area contributed by atoms with Gasteiger partial charge in [0.1, 0.15) is 12.1 Å². The Morgan fingerprint density at radius 1 is 1.19 bits per heavy atom. The largest absolute Gasteiger partial charge is 0.439 e. The molecular formula is C12H11FN2O. The van der Waals surface area contributed by atoms with E-state index in [9.17, 15) is 4.39 Å². The number of aromatic nitrogens is 2. The van der Waals surface area contributed by atoms with Crippen LogP contribution in [0.1, 0.15) is 11.1 Å². The maximum atomic E-state index is 12.8. The van der Waals surface area contributed by atoms with E-state index >= 15 is 0 Å². The van der Waals surface area contributed by atoms with Crippen molar-refractivity contribution in [3.8, 4) is 11.6 Å². The molecule has 4 heteroatoms. The molecule has 0 bridgehead atoms. The molecule has 1 aromatic carbocycles. The second-order valence-corrected chi connectivity index (χ2v) is 3.48. The molecule has 0 saturated carbocycles. The standard InChI is InChI=1S/C12H11FN2O/c1-8-4-3-5-10(9(8)2)16-12-6-11(13)14-7-15-12/h3-7H,1-2H3. The van der Waals surface area contributed by atoms with E-state index in [1.54, 1.807) is 0 Å². The van der Waals surface area contributed by atoms with E-state index in [1.807, 2.05) is 32.0 Å². The first-order valence-electron chi connectivity index (χ1n) is 4.88. The lowest BCUT2D eigenvalue weighted by molar-refractivity contribution is 0.447. The van der Waals surface area contributed by atoms with E-state index in [-0.39, 0.29) is 5.88 Å². The molecule has 2 rings (SSSR count). The third-order valence-corrected chi connectivity index (χ3v) is 2.38. The fourth-order valence-electron chi connectivity index (χ4n) is 1.32. The first-order chi connectivity index (χ1) is 7.66. The number of hydrogen-bond donors (Lipinski definition) is 0. The summed E-state index contributed by atoms with van der Waals surface area (Å²) in [5.74, 6) is 0.287. The first-order valence-corrected chi connectivity index (χ1v) is 4.88. The molecule has 82 valence electrons. The zero-order valence-corrected chi connectivity index (χ0v) is 9.07. The van der Waals surface area contributed by atoms with Crippen LogP contribution in [0, 0.1) is 19.8 Å². The average Bonchev–Trinajstić information content (AvgIpc) is 2.25. The maximum absolute atomic E-state index is 12.8. The summed E-state index contributed by atoms with van der Waals surface area (Å²) in [6, 6.07) is 6.85. The monoisotopic (exact) mass is 218 g/mol. The Morgan fingerprint density at radius 2 is 2.00 bits per heavy atom. The molecule has 0 amide bonds. The summed E-state index contributed by atoms with van der Waals surface area (Å²) in [5.41, 5.74) is 2.13. The summed E-state index contributed by atoms with van der Waals surface area (Å²) in [4.78, 5) is 7.20. The van der Waals surface area contributed by atoms with Gasteiger partial charge in [0.15, 0.2) is 0 Å². The summed E-state index contributed by atoms with van der Waals surface area (Å²) in [6.07, 6.45) is 1.13. The smallest absolute Gasteiger partial charge is 0.225 e. The number of halogens is 1. The summed E-state index contributed by atoms with van der Waals surface area (Å²) < 4.78 is 18.3. The molecule has 0 saturated heterocycles. The lowest BCUT2D eigenvalue weighted by atomic mass is 10.1. The van der Waals surface area contributed by atoms with E-state index in [2.05, 4.69) is 9.97 Å². The van der Waals surface area contributed by atoms with Crippen LogP contribution in [0.4, 0.5) is 4.39 Å². The Labute approximate surface area is 92.9 Å². The molecule has 0 N–H and O–H groups in total. The number of hydrogen-bond acceptors (Lipinski definition) is 3. The lowest BCUT2D eigenvalue weighted by Crippen LogP contribution is -1.93. The minimum Gasteiger partial charge on any atom is -0.439 e. The molecule has 0 unspecified atom stereocenters. The van der Waals surface area contributed by atoms with Crippen LogP contribution in [0.2, 0.25) is 0 Å². The van der Waals surface area contributed by atoms with Gasteiger partial charge >= 0.3 is 0 Å². The number of benzene rings is 1. The fourth-order valence-corrected chi connectivity index (χ4v) is 1.32. The lowest BCUT2D eigenvalue weighted by Gasteiger charge is -2.08. The van der Waals surface area contributed by atoms with E-state index in [0.29, 0.717) is 5.75 Å². The van der Waals surface area contributed by atoms with Gasteiger partial charge in [0.2, 0.25) is 11.8 Å². The van der Waals surface area contributed by atoms with Gasteiger partial charge in [-0.25, -0.2) is 9.97 Å². The van der Waals surface area contributed by atoms with Gasteiger partial charge in [-0.1, -0.05) is 12.1 Å². The second-order valence-electron chi connectivity index (χ2n) is 3.48. The zero-order valence-electron chi connectivity index (χ0n) is 9.07. The van der Waals surface area contributed by atoms with E-state index < -0.39 is 5.95 Å². The molecule has 0 aliphatic heterocycles. The number of nitrogens with zero attached hydrogens (tertiary/aromatic N) is 2. The first kappa shape index (κ1) is 10.5. The summed E-state index contributed by atoms with van der Waals surface area (Å²) in [7, 11) is 0. The summed E-state index contributed by atoms with van der Waals surface area (Å²) in [6.45, 7) is 3.94. The summed E-state index contributed by atoms with van der Waals surface area (Å²) in [5, 5.41) is 0. The van der Waals surface area contributed by atoms with Crippen molar-refractivity contribution in [1.82, 2.24) is 9.97 Å². The molecule has 0 radical (unpaired) electrons. The van der Waals surface area contributed by atoms with Crippen LogP contribution in [-0.4, -0.2) is 9.97 Å². The maximum Gasteiger partial charge on any atom is 0.225 e. The summed E-state index contributed by atoms with van der Waals surface area (Å²) >= 11 is 0. The van der Waals surface area contributed by atoms with Crippen molar-refractivity contribution in [3.63, 3.8) is 0 Å². The van der Waals surface area contributed by atoms with Gasteiger partial charge in [-0.3, -0.25) is 0 Å². The molecule has 0 aliphatic rings. The minimum absolute atomic E-state index is 0.209. The highest BCUT2D eigenvalue weighted by atomic mass is 19.1. The molecule has 1 heterocycles. The topological polar surface area (TPSA) is 35.0 Å². The highest BCUT2D eigenvalue weighted by Crippen LogP contribution is 2.25. The Morgan fingerprint density at radius 3 is 2.75 bits per heavy atom. The number of ether oxygens (including phenoxy) is 1. The molecular weight excluding hydrogens is 207 g/mol.